The van der Waals surface area contributed by atoms with Crippen LogP contribution in [0.3, 0.4) is 0 Å². The minimum absolute atomic E-state index is 0.187. The lowest BCUT2D eigenvalue weighted by Gasteiger charge is -2.24. The normalized spacial score (nSPS) is 21.2. The third-order valence-electron chi connectivity index (χ3n) is 3.81. The van der Waals surface area contributed by atoms with Gasteiger partial charge in [0.15, 0.2) is 0 Å². The topological polar surface area (TPSA) is 84.2 Å². The van der Waals surface area contributed by atoms with E-state index < -0.39 is 17.8 Å². The summed E-state index contributed by atoms with van der Waals surface area (Å²) >= 11 is 0. The van der Waals surface area contributed by atoms with E-state index in [1.54, 1.807) is 0 Å². The van der Waals surface area contributed by atoms with Gasteiger partial charge < -0.3 is 10.4 Å². The van der Waals surface area contributed by atoms with Gasteiger partial charge in [0.25, 0.3) is 0 Å². The van der Waals surface area contributed by atoms with Gasteiger partial charge in [0.2, 0.25) is 5.91 Å². The number of aryl methyl sites for hydroxylation is 2. The number of aliphatic carboxylic acids is 1. The summed E-state index contributed by atoms with van der Waals surface area (Å²) in [4.78, 5) is 23.3. The molecule has 21 heavy (non-hydrogen) atoms. The van der Waals surface area contributed by atoms with Crippen LogP contribution in [0, 0.1) is 25.7 Å². The number of rotatable bonds is 5. The first-order chi connectivity index (χ1) is 9.99. The average molecular weight is 291 g/mol. The fourth-order valence-corrected chi connectivity index (χ4v) is 2.69. The predicted molar refractivity (Wildman–Crippen MR) is 77.7 cm³/mol. The molecule has 6 heteroatoms. The van der Waals surface area contributed by atoms with E-state index >= 15 is 0 Å². The Hall–Kier alpha value is -2.11. The minimum atomic E-state index is -0.905. The van der Waals surface area contributed by atoms with Crippen LogP contribution in [0.4, 0.5) is 0 Å². The Balaban J connectivity index is 1.88. The van der Waals surface area contributed by atoms with Crippen molar-refractivity contribution < 1.29 is 14.7 Å². The van der Waals surface area contributed by atoms with Gasteiger partial charge in [-0.2, -0.15) is 5.10 Å². The van der Waals surface area contributed by atoms with Crippen LogP contribution < -0.4 is 5.32 Å². The number of carboxylic acids is 1. The molecule has 0 radical (unpaired) electrons. The highest BCUT2D eigenvalue weighted by atomic mass is 16.4. The molecule has 2 rings (SSSR count). The summed E-state index contributed by atoms with van der Waals surface area (Å²) < 4.78 is 1.84. The highest BCUT2D eigenvalue weighted by Crippen LogP contribution is 2.25. The van der Waals surface area contributed by atoms with Gasteiger partial charge in [-0.1, -0.05) is 12.2 Å². The average Bonchev–Trinajstić information content (AvgIpc) is 2.77. The summed E-state index contributed by atoms with van der Waals surface area (Å²) in [5.74, 6) is -2.19. The predicted octanol–water partition coefficient (Wildman–Crippen LogP) is 1.28. The van der Waals surface area contributed by atoms with Crippen molar-refractivity contribution in [1.82, 2.24) is 15.1 Å². The molecule has 6 nitrogen and oxygen atoms in total. The molecule has 0 unspecified atom stereocenters. The molecule has 2 N–H and O–H groups in total. The van der Waals surface area contributed by atoms with Crippen LogP contribution in [0.25, 0.3) is 0 Å². The van der Waals surface area contributed by atoms with E-state index in [9.17, 15) is 14.7 Å². The summed E-state index contributed by atoms with van der Waals surface area (Å²) in [6.07, 6.45) is 4.62. The number of hydrogen-bond donors (Lipinski definition) is 2. The standard InChI is InChI=1S/C15H21N3O3/c1-10-9-11(2)18(17-10)8-7-16-14(19)12-5-3-4-6-13(12)15(20)21/h3-4,9,12-13H,5-8H2,1-2H3,(H,16,19)(H,20,21)/t12-,13-/m0/s1. The van der Waals surface area contributed by atoms with Gasteiger partial charge in [-0.25, -0.2) is 0 Å². The number of carbonyl (C=O) groups excluding carboxylic acids is 1. The van der Waals surface area contributed by atoms with Crippen LogP contribution in [0.15, 0.2) is 18.2 Å². The number of hydrogen-bond acceptors (Lipinski definition) is 3. The number of allylic oxidation sites excluding steroid dienone is 2. The smallest absolute Gasteiger partial charge is 0.307 e. The largest absolute Gasteiger partial charge is 0.481 e. The Kier molecular flexibility index (Phi) is 4.77. The van der Waals surface area contributed by atoms with Crippen molar-refractivity contribution in [3.63, 3.8) is 0 Å². The van der Waals surface area contributed by atoms with E-state index in [1.165, 1.54) is 0 Å². The minimum Gasteiger partial charge on any atom is -0.481 e. The molecule has 114 valence electrons. The third kappa shape index (κ3) is 3.71. The maximum absolute atomic E-state index is 12.2. The lowest BCUT2D eigenvalue weighted by atomic mass is 9.82. The Bertz CT molecular complexity index is 563. The molecule has 0 aromatic carbocycles. The first-order valence-corrected chi connectivity index (χ1v) is 7.15. The molecule has 2 atom stereocenters. The molecular formula is C15H21N3O3. The molecule has 1 amide bonds. The molecular weight excluding hydrogens is 270 g/mol. The molecule has 1 heterocycles. The fraction of sp³-hybridized carbons (Fsp3) is 0.533. The molecule has 1 aromatic heterocycles. The van der Waals surface area contributed by atoms with Crippen molar-refractivity contribution in [3.05, 3.63) is 29.6 Å². The van der Waals surface area contributed by atoms with Crippen LogP contribution in [0.2, 0.25) is 0 Å². The van der Waals surface area contributed by atoms with E-state index in [2.05, 4.69) is 10.4 Å². The molecule has 0 spiro atoms. The fourth-order valence-electron chi connectivity index (χ4n) is 2.69. The first-order valence-electron chi connectivity index (χ1n) is 7.15. The van der Waals surface area contributed by atoms with Gasteiger partial charge in [0, 0.05) is 12.2 Å². The van der Waals surface area contributed by atoms with Gasteiger partial charge in [0.1, 0.15) is 0 Å². The van der Waals surface area contributed by atoms with E-state index in [0.29, 0.717) is 25.9 Å². The Morgan fingerprint density at radius 3 is 2.57 bits per heavy atom. The van der Waals surface area contributed by atoms with Crippen molar-refractivity contribution in [2.24, 2.45) is 11.8 Å². The van der Waals surface area contributed by atoms with Crippen molar-refractivity contribution in [1.29, 1.82) is 0 Å². The number of aromatic nitrogens is 2. The van der Waals surface area contributed by atoms with Gasteiger partial charge in [-0.05, 0) is 32.8 Å². The number of nitrogens with zero attached hydrogens (tertiary/aromatic N) is 2. The zero-order valence-corrected chi connectivity index (χ0v) is 12.4. The molecule has 0 fully saturated rings. The second-order valence-electron chi connectivity index (χ2n) is 5.44. The van der Waals surface area contributed by atoms with E-state index in [0.717, 1.165) is 11.4 Å². The lowest BCUT2D eigenvalue weighted by molar-refractivity contribution is -0.147. The maximum atomic E-state index is 12.2. The molecule has 0 bridgehead atoms. The molecule has 1 aliphatic rings. The summed E-state index contributed by atoms with van der Waals surface area (Å²) in [5.41, 5.74) is 1.99. The molecule has 0 aliphatic heterocycles. The second-order valence-corrected chi connectivity index (χ2v) is 5.44. The molecule has 1 aromatic rings. The lowest BCUT2D eigenvalue weighted by Crippen LogP contribution is -2.40. The van der Waals surface area contributed by atoms with Crippen molar-refractivity contribution in [3.8, 4) is 0 Å². The van der Waals surface area contributed by atoms with Crippen LogP contribution in [-0.4, -0.2) is 33.3 Å². The Morgan fingerprint density at radius 1 is 1.33 bits per heavy atom. The van der Waals surface area contributed by atoms with E-state index in [4.69, 9.17) is 0 Å². The first kappa shape index (κ1) is 15.3. The van der Waals surface area contributed by atoms with Crippen molar-refractivity contribution >= 4 is 11.9 Å². The van der Waals surface area contributed by atoms with Gasteiger partial charge >= 0.3 is 5.97 Å². The van der Waals surface area contributed by atoms with Gasteiger partial charge in [-0.15, -0.1) is 0 Å². The van der Waals surface area contributed by atoms with Crippen molar-refractivity contribution in [2.45, 2.75) is 33.2 Å². The van der Waals surface area contributed by atoms with E-state index in [-0.39, 0.29) is 5.91 Å². The molecule has 0 saturated carbocycles. The summed E-state index contributed by atoms with van der Waals surface area (Å²) in [6, 6.07) is 1.98. The second kappa shape index (κ2) is 6.56. The SMILES string of the molecule is Cc1cc(C)n(CCNC(=O)[C@H]2CC=CC[C@@H]2C(=O)O)n1. The van der Waals surface area contributed by atoms with Crippen molar-refractivity contribution in [2.75, 3.05) is 6.54 Å². The Morgan fingerprint density at radius 2 is 2.00 bits per heavy atom. The van der Waals surface area contributed by atoms with Gasteiger partial charge in [-0.3, -0.25) is 14.3 Å². The van der Waals surface area contributed by atoms with Crippen LogP contribution in [0.5, 0.6) is 0 Å². The summed E-state index contributed by atoms with van der Waals surface area (Å²) in [5, 5.41) is 16.3. The number of carboxylic acid groups (broad SMARTS) is 1. The Labute approximate surface area is 123 Å². The zero-order valence-electron chi connectivity index (χ0n) is 12.4. The number of amides is 1. The quantitative estimate of drug-likeness (QED) is 0.800. The van der Waals surface area contributed by atoms with Crippen LogP contribution >= 0.6 is 0 Å². The maximum Gasteiger partial charge on any atom is 0.307 e. The zero-order chi connectivity index (χ0) is 15.4. The number of nitrogens with one attached hydrogen (secondary N) is 1. The highest BCUT2D eigenvalue weighted by molar-refractivity contribution is 5.85. The van der Waals surface area contributed by atoms with E-state index in [1.807, 2.05) is 36.7 Å². The molecule has 1 aliphatic carbocycles. The van der Waals surface area contributed by atoms with Crippen LogP contribution in [-0.2, 0) is 16.1 Å². The van der Waals surface area contributed by atoms with Gasteiger partial charge in [0.05, 0.1) is 24.1 Å². The number of carbonyl (C=O) groups is 2. The third-order valence-corrected chi connectivity index (χ3v) is 3.81. The monoisotopic (exact) mass is 291 g/mol. The summed E-state index contributed by atoms with van der Waals surface area (Å²) in [6.45, 7) is 4.93. The molecule has 0 saturated heterocycles. The van der Waals surface area contributed by atoms with Crippen LogP contribution in [0.1, 0.15) is 24.2 Å². The highest BCUT2D eigenvalue weighted by Gasteiger charge is 2.33. The summed E-state index contributed by atoms with van der Waals surface area (Å²) in [7, 11) is 0.